The first-order chi connectivity index (χ1) is 6.00. The maximum atomic E-state index is 5.72. The van der Waals surface area contributed by atoms with E-state index in [9.17, 15) is 0 Å². The highest BCUT2D eigenvalue weighted by atomic mass is 35.5. The van der Waals surface area contributed by atoms with Gasteiger partial charge >= 0.3 is 0 Å². The Hall–Kier alpha value is 0.250. The van der Waals surface area contributed by atoms with Crippen molar-refractivity contribution in [1.82, 2.24) is 0 Å². The Morgan fingerprint density at radius 3 is 2.54 bits per heavy atom. The fraction of sp³-hybridized carbons (Fsp3) is 1.00. The van der Waals surface area contributed by atoms with Crippen LogP contribution in [0.1, 0.15) is 40.0 Å². The molecule has 2 rings (SSSR count). The second-order valence-electron chi connectivity index (χ2n) is 5.57. The Labute approximate surface area is 85.8 Å². The summed E-state index contributed by atoms with van der Waals surface area (Å²) >= 11 is 5.69. The fourth-order valence-electron chi connectivity index (χ4n) is 3.74. The van der Waals surface area contributed by atoms with Gasteiger partial charge < -0.3 is 4.74 Å². The van der Waals surface area contributed by atoms with Crippen LogP contribution in [-0.2, 0) is 4.74 Å². The highest BCUT2D eigenvalue weighted by Crippen LogP contribution is 2.63. The Morgan fingerprint density at radius 1 is 1.38 bits per heavy atom. The fourth-order valence-corrected chi connectivity index (χ4v) is 3.86. The summed E-state index contributed by atoms with van der Waals surface area (Å²) in [5.74, 6) is 0.853. The second-order valence-corrected chi connectivity index (χ2v) is 5.79. The number of rotatable bonds is 2. The molecule has 2 aliphatic rings. The largest absolute Gasteiger partial charge is 0.361 e. The number of alkyl halides is 1. The van der Waals surface area contributed by atoms with Crippen LogP contribution in [0.4, 0.5) is 0 Å². The Balaban J connectivity index is 2.23. The minimum Gasteiger partial charge on any atom is -0.361 e. The lowest BCUT2D eigenvalue weighted by Crippen LogP contribution is -2.42. The number of ether oxygens (including phenoxy) is 1. The Bertz CT molecular complexity index is 209. The average Bonchev–Trinajstić information content (AvgIpc) is 2.50. The standard InChI is InChI=1S/C11H19ClO/c1-10(2)8-4-5-11(3,6-8)9(10)13-7-12/h8-9H,4-7H2,1-3H3. The molecule has 0 amide bonds. The Kier molecular flexibility index (Phi) is 2.16. The first kappa shape index (κ1) is 9.79. The first-order valence-corrected chi connectivity index (χ1v) is 5.72. The number of hydrogen-bond acceptors (Lipinski definition) is 1. The van der Waals surface area contributed by atoms with Gasteiger partial charge in [-0.1, -0.05) is 32.4 Å². The molecule has 0 N–H and O–H groups in total. The van der Waals surface area contributed by atoms with Crippen molar-refractivity contribution in [2.75, 3.05) is 6.07 Å². The number of halogens is 1. The molecule has 0 spiro atoms. The summed E-state index contributed by atoms with van der Waals surface area (Å²) in [6, 6.07) is 0.344. The molecular formula is C11H19ClO. The average molecular weight is 203 g/mol. The summed E-state index contributed by atoms with van der Waals surface area (Å²) in [5, 5.41) is 0. The van der Waals surface area contributed by atoms with Crippen LogP contribution in [0.25, 0.3) is 0 Å². The van der Waals surface area contributed by atoms with Crippen molar-refractivity contribution >= 4 is 11.6 Å². The SMILES string of the molecule is CC12CCC(C1)C(C)(C)C2OCCl. The lowest BCUT2D eigenvalue weighted by atomic mass is 9.70. The highest BCUT2D eigenvalue weighted by molar-refractivity contribution is 6.17. The second kappa shape index (κ2) is 2.87. The van der Waals surface area contributed by atoms with Crippen LogP contribution < -0.4 is 0 Å². The third-order valence-electron chi connectivity index (χ3n) is 4.37. The molecule has 0 aromatic rings. The molecule has 0 aromatic heterocycles. The molecule has 0 aromatic carbocycles. The zero-order chi connectivity index (χ0) is 9.69. The number of hydrogen-bond donors (Lipinski definition) is 0. The van der Waals surface area contributed by atoms with Crippen molar-refractivity contribution in [2.24, 2.45) is 16.7 Å². The molecule has 1 nitrogen and oxygen atoms in total. The van der Waals surface area contributed by atoms with E-state index in [2.05, 4.69) is 20.8 Å². The minimum atomic E-state index is 0.335. The van der Waals surface area contributed by atoms with Gasteiger partial charge in [-0.15, -0.1) is 0 Å². The lowest BCUT2D eigenvalue weighted by Gasteiger charge is -2.41. The summed E-state index contributed by atoms with van der Waals surface area (Å²) in [6.07, 6.45) is 4.41. The third kappa shape index (κ3) is 1.24. The van der Waals surface area contributed by atoms with Crippen molar-refractivity contribution in [3.63, 3.8) is 0 Å². The van der Waals surface area contributed by atoms with E-state index in [0.717, 1.165) is 5.92 Å². The molecule has 2 bridgehead atoms. The van der Waals surface area contributed by atoms with Crippen LogP contribution in [-0.4, -0.2) is 12.2 Å². The smallest absolute Gasteiger partial charge is 0.121 e. The van der Waals surface area contributed by atoms with Gasteiger partial charge in [0.2, 0.25) is 0 Å². The zero-order valence-electron chi connectivity index (χ0n) is 8.77. The predicted molar refractivity (Wildman–Crippen MR) is 54.8 cm³/mol. The number of fused-ring (bicyclic) bond motifs is 2. The molecule has 76 valence electrons. The summed E-state index contributed by atoms with van der Waals surface area (Å²) in [6.45, 7) is 7.03. The Morgan fingerprint density at radius 2 is 2.08 bits per heavy atom. The minimum absolute atomic E-state index is 0.335. The first-order valence-electron chi connectivity index (χ1n) is 5.18. The molecule has 0 saturated heterocycles. The summed E-state index contributed by atoms with van der Waals surface area (Å²) < 4.78 is 5.72. The van der Waals surface area contributed by atoms with Crippen LogP contribution in [0.15, 0.2) is 0 Å². The predicted octanol–water partition coefficient (Wildman–Crippen LogP) is 3.41. The van der Waals surface area contributed by atoms with Gasteiger partial charge in [-0.05, 0) is 36.0 Å². The maximum absolute atomic E-state index is 5.72. The van der Waals surface area contributed by atoms with Gasteiger partial charge in [-0.3, -0.25) is 0 Å². The molecule has 2 heteroatoms. The van der Waals surface area contributed by atoms with Crippen LogP contribution in [0.5, 0.6) is 0 Å². The summed E-state index contributed by atoms with van der Waals surface area (Å²) in [5.41, 5.74) is 0.741. The lowest BCUT2D eigenvalue weighted by molar-refractivity contribution is -0.0722. The van der Waals surface area contributed by atoms with Gasteiger partial charge in [0.1, 0.15) is 6.07 Å². The van der Waals surface area contributed by atoms with Gasteiger partial charge in [0.25, 0.3) is 0 Å². The van der Waals surface area contributed by atoms with Crippen LogP contribution in [0.2, 0.25) is 0 Å². The highest BCUT2D eigenvalue weighted by Gasteiger charge is 2.59. The quantitative estimate of drug-likeness (QED) is 0.624. The molecule has 2 saturated carbocycles. The van der Waals surface area contributed by atoms with E-state index >= 15 is 0 Å². The van der Waals surface area contributed by atoms with E-state index in [1.54, 1.807) is 0 Å². The van der Waals surface area contributed by atoms with E-state index in [1.165, 1.54) is 19.3 Å². The van der Waals surface area contributed by atoms with E-state index in [-0.39, 0.29) is 0 Å². The molecule has 3 atom stereocenters. The van der Waals surface area contributed by atoms with Crippen molar-refractivity contribution < 1.29 is 4.74 Å². The van der Waals surface area contributed by atoms with Gasteiger partial charge in [-0.25, -0.2) is 0 Å². The monoisotopic (exact) mass is 202 g/mol. The van der Waals surface area contributed by atoms with Gasteiger partial charge in [-0.2, -0.15) is 0 Å². The van der Waals surface area contributed by atoms with Crippen LogP contribution in [0.3, 0.4) is 0 Å². The molecule has 2 aliphatic carbocycles. The van der Waals surface area contributed by atoms with Crippen molar-refractivity contribution in [3.8, 4) is 0 Å². The molecule has 13 heavy (non-hydrogen) atoms. The van der Waals surface area contributed by atoms with Crippen molar-refractivity contribution in [1.29, 1.82) is 0 Å². The van der Waals surface area contributed by atoms with Crippen molar-refractivity contribution in [2.45, 2.75) is 46.1 Å². The maximum Gasteiger partial charge on any atom is 0.121 e. The van der Waals surface area contributed by atoms with Crippen LogP contribution >= 0.6 is 11.6 Å². The zero-order valence-corrected chi connectivity index (χ0v) is 9.53. The summed E-state index contributed by atoms with van der Waals surface area (Å²) in [7, 11) is 0. The van der Waals surface area contributed by atoms with E-state index in [0.29, 0.717) is 23.0 Å². The third-order valence-corrected chi connectivity index (χ3v) is 4.49. The molecular weight excluding hydrogens is 184 g/mol. The van der Waals surface area contributed by atoms with E-state index < -0.39 is 0 Å². The topological polar surface area (TPSA) is 9.23 Å². The van der Waals surface area contributed by atoms with Gasteiger partial charge in [0, 0.05) is 0 Å². The van der Waals surface area contributed by atoms with E-state index in [1.807, 2.05) is 0 Å². The summed E-state index contributed by atoms with van der Waals surface area (Å²) in [4.78, 5) is 0. The molecule has 0 aliphatic heterocycles. The van der Waals surface area contributed by atoms with Crippen LogP contribution in [0, 0.1) is 16.7 Å². The van der Waals surface area contributed by atoms with E-state index in [4.69, 9.17) is 16.3 Å². The van der Waals surface area contributed by atoms with Crippen molar-refractivity contribution in [3.05, 3.63) is 0 Å². The molecule has 3 unspecified atom stereocenters. The molecule has 0 heterocycles. The molecule has 0 radical (unpaired) electrons. The van der Waals surface area contributed by atoms with Gasteiger partial charge in [0.15, 0.2) is 0 Å². The normalized spacial score (nSPS) is 47.1. The van der Waals surface area contributed by atoms with Gasteiger partial charge in [0.05, 0.1) is 6.10 Å². The molecule has 2 fully saturated rings.